The van der Waals surface area contributed by atoms with Crippen molar-refractivity contribution in [1.82, 2.24) is 5.32 Å². The summed E-state index contributed by atoms with van der Waals surface area (Å²) in [6, 6.07) is 7.44. The van der Waals surface area contributed by atoms with Crippen LogP contribution in [0.25, 0.3) is 0 Å². The lowest BCUT2D eigenvalue weighted by molar-refractivity contribution is -0.114. The Bertz CT molecular complexity index is 576. The van der Waals surface area contributed by atoms with Crippen molar-refractivity contribution in [2.75, 3.05) is 26.3 Å². The Balaban J connectivity index is 0.00000784. The molecule has 1 rings (SSSR count). The number of ether oxygens (including phenoxy) is 1. The van der Waals surface area contributed by atoms with Gasteiger partial charge < -0.3 is 35.6 Å². The molecule has 6 N–H and O–H groups in total. The molecule has 29 heavy (non-hydrogen) atoms. The van der Waals surface area contributed by atoms with Gasteiger partial charge in [-0.2, -0.15) is 0 Å². The van der Waals surface area contributed by atoms with Gasteiger partial charge in [-0.1, -0.05) is 37.7 Å². The fraction of sp³-hybridized carbons (Fsp3) is 0.632. The predicted molar refractivity (Wildman–Crippen MR) is 114 cm³/mol. The first kappa shape index (κ1) is 28.1. The molecule has 0 heterocycles. The lowest BCUT2D eigenvalue weighted by Crippen LogP contribution is -2.49. The summed E-state index contributed by atoms with van der Waals surface area (Å²) in [7, 11) is 0. The molecule has 0 saturated heterocycles. The Labute approximate surface area is 181 Å². The molecule has 8 nitrogen and oxygen atoms in total. The number of benzene rings is 1. The van der Waals surface area contributed by atoms with Crippen molar-refractivity contribution in [2.45, 2.75) is 44.0 Å². The highest BCUT2D eigenvalue weighted by molar-refractivity contribution is 8.13. The average Bonchev–Trinajstić information content (AvgIpc) is 2.70. The van der Waals surface area contributed by atoms with Crippen LogP contribution in [0.15, 0.2) is 24.3 Å². The number of aliphatic hydroxyl groups excluding tert-OH is 5. The third-order valence-corrected chi connectivity index (χ3v) is 5.24. The summed E-state index contributed by atoms with van der Waals surface area (Å²) in [4.78, 5) is 11.6. The molecule has 0 spiro atoms. The van der Waals surface area contributed by atoms with Gasteiger partial charge in [0.2, 0.25) is 0 Å². The van der Waals surface area contributed by atoms with Crippen LogP contribution in [0.3, 0.4) is 0 Å². The zero-order chi connectivity index (χ0) is 21.1. The van der Waals surface area contributed by atoms with Crippen molar-refractivity contribution in [2.24, 2.45) is 5.92 Å². The highest BCUT2D eigenvalue weighted by Crippen LogP contribution is 2.19. The molecular formula is C19H32ClNO7S. The summed E-state index contributed by atoms with van der Waals surface area (Å²) < 4.78 is 5.57. The van der Waals surface area contributed by atoms with Crippen molar-refractivity contribution in [3.63, 3.8) is 0 Å². The van der Waals surface area contributed by atoms with Crippen LogP contribution in [0.4, 0.5) is 0 Å². The van der Waals surface area contributed by atoms with E-state index in [-0.39, 0.29) is 30.0 Å². The summed E-state index contributed by atoms with van der Waals surface area (Å²) in [6.07, 6.45) is -6.03. The van der Waals surface area contributed by atoms with Crippen LogP contribution in [0.2, 0.25) is 0 Å². The maximum absolute atomic E-state index is 11.6. The van der Waals surface area contributed by atoms with E-state index in [9.17, 15) is 25.2 Å². The number of hydrogen-bond donors (Lipinski definition) is 6. The van der Waals surface area contributed by atoms with Crippen molar-refractivity contribution in [1.29, 1.82) is 0 Å². The summed E-state index contributed by atoms with van der Waals surface area (Å²) in [6.45, 7) is 3.74. The number of thioether (sulfide) groups is 1. The Morgan fingerprint density at radius 3 is 2.21 bits per heavy atom. The number of halogens is 1. The van der Waals surface area contributed by atoms with Crippen molar-refractivity contribution < 1.29 is 35.1 Å². The minimum absolute atomic E-state index is 0. The molecule has 4 atom stereocenters. The largest absolute Gasteiger partial charge is 0.492 e. The van der Waals surface area contributed by atoms with Gasteiger partial charge in [0.05, 0.1) is 12.7 Å². The van der Waals surface area contributed by atoms with E-state index in [0.29, 0.717) is 24.7 Å². The molecular weight excluding hydrogens is 422 g/mol. The SMILES string of the molecule is CC(C)C(=O)SCc1ccc(OCCNC[C@@H](O)[C@@H](O)[C@H](O)[C@H](O)CO)cc1.Cl. The van der Waals surface area contributed by atoms with Crippen LogP contribution in [0, 0.1) is 5.92 Å². The Kier molecular flexibility index (Phi) is 14.5. The topological polar surface area (TPSA) is 139 Å². The predicted octanol–water partition coefficient (Wildman–Crippen LogP) is -0.0715. The van der Waals surface area contributed by atoms with E-state index >= 15 is 0 Å². The second kappa shape index (κ2) is 15.0. The standard InChI is InChI=1S/C19H31NO7S.ClH/c1-12(2)19(26)28-11-13-3-5-14(6-4-13)27-8-7-20-9-15(22)17(24)18(25)16(23)10-21;/h3-6,12,15-18,20-25H,7-11H2,1-2H3;1H/t15-,16-,17-,18-;/m1./s1. The maximum Gasteiger partial charge on any atom is 0.191 e. The minimum Gasteiger partial charge on any atom is -0.492 e. The number of nitrogens with one attached hydrogen (secondary N) is 1. The molecule has 0 aromatic heterocycles. The Morgan fingerprint density at radius 1 is 1.07 bits per heavy atom. The quantitative estimate of drug-likeness (QED) is 0.226. The summed E-state index contributed by atoms with van der Waals surface area (Å²) in [5.74, 6) is 1.31. The van der Waals surface area contributed by atoms with E-state index in [1.807, 2.05) is 38.1 Å². The van der Waals surface area contributed by atoms with Crippen molar-refractivity contribution in [3.8, 4) is 5.75 Å². The third-order valence-electron chi connectivity index (χ3n) is 4.00. The molecule has 0 aliphatic carbocycles. The first-order chi connectivity index (χ1) is 13.3. The Morgan fingerprint density at radius 2 is 1.66 bits per heavy atom. The van der Waals surface area contributed by atoms with Gasteiger partial charge in [0, 0.05) is 24.8 Å². The van der Waals surface area contributed by atoms with Crippen LogP contribution < -0.4 is 10.1 Å². The van der Waals surface area contributed by atoms with Crippen LogP contribution in [-0.4, -0.2) is 81.4 Å². The number of carbonyl (C=O) groups is 1. The number of rotatable bonds is 13. The monoisotopic (exact) mass is 453 g/mol. The highest BCUT2D eigenvalue weighted by Gasteiger charge is 2.29. The normalized spacial score (nSPS) is 15.3. The van der Waals surface area contributed by atoms with Gasteiger partial charge in [0.25, 0.3) is 0 Å². The van der Waals surface area contributed by atoms with Gasteiger partial charge in [-0.15, -0.1) is 12.4 Å². The van der Waals surface area contributed by atoms with Crippen LogP contribution in [-0.2, 0) is 10.5 Å². The number of aliphatic hydroxyl groups is 5. The van der Waals surface area contributed by atoms with Gasteiger partial charge in [-0.25, -0.2) is 0 Å². The molecule has 0 bridgehead atoms. The molecule has 0 aliphatic heterocycles. The minimum atomic E-state index is -1.63. The molecule has 0 fully saturated rings. The maximum atomic E-state index is 11.6. The highest BCUT2D eigenvalue weighted by atomic mass is 35.5. The lowest BCUT2D eigenvalue weighted by atomic mass is 10.0. The van der Waals surface area contributed by atoms with Gasteiger partial charge in [0.1, 0.15) is 30.7 Å². The first-order valence-corrected chi connectivity index (χ1v) is 10.2. The zero-order valence-electron chi connectivity index (χ0n) is 16.6. The van der Waals surface area contributed by atoms with E-state index in [0.717, 1.165) is 5.56 Å². The molecule has 0 saturated carbocycles. The average molecular weight is 454 g/mol. The fourth-order valence-electron chi connectivity index (χ4n) is 2.18. The molecule has 0 aliphatic rings. The van der Waals surface area contributed by atoms with Crippen LogP contribution in [0.5, 0.6) is 5.75 Å². The summed E-state index contributed by atoms with van der Waals surface area (Å²) in [5, 5.41) is 50.0. The van der Waals surface area contributed by atoms with E-state index < -0.39 is 31.0 Å². The van der Waals surface area contributed by atoms with Crippen LogP contribution >= 0.6 is 24.2 Å². The molecule has 0 radical (unpaired) electrons. The van der Waals surface area contributed by atoms with Crippen LogP contribution in [0.1, 0.15) is 19.4 Å². The molecule has 10 heteroatoms. The molecule has 1 aromatic carbocycles. The fourth-order valence-corrected chi connectivity index (χ4v) is 3.01. The van der Waals surface area contributed by atoms with Crippen molar-refractivity contribution in [3.05, 3.63) is 29.8 Å². The lowest BCUT2D eigenvalue weighted by Gasteiger charge is -2.25. The molecule has 168 valence electrons. The first-order valence-electron chi connectivity index (χ1n) is 9.18. The summed E-state index contributed by atoms with van der Waals surface area (Å²) in [5.41, 5.74) is 1.03. The van der Waals surface area contributed by atoms with Gasteiger partial charge in [-0.05, 0) is 17.7 Å². The second-order valence-corrected chi connectivity index (χ2v) is 7.74. The van der Waals surface area contributed by atoms with E-state index in [4.69, 9.17) is 9.84 Å². The Hall–Kier alpha value is -0.910. The summed E-state index contributed by atoms with van der Waals surface area (Å²) >= 11 is 1.30. The zero-order valence-corrected chi connectivity index (χ0v) is 18.2. The molecule has 0 amide bonds. The molecule has 0 unspecified atom stereocenters. The van der Waals surface area contributed by atoms with E-state index in [1.165, 1.54) is 11.8 Å². The van der Waals surface area contributed by atoms with Gasteiger partial charge in [-0.3, -0.25) is 4.79 Å². The smallest absolute Gasteiger partial charge is 0.191 e. The van der Waals surface area contributed by atoms with Gasteiger partial charge >= 0.3 is 0 Å². The van der Waals surface area contributed by atoms with E-state index in [2.05, 4.69) is 5.32 Å². The second-order valence-electron chi connectivity index (χ2n) is 6.76. The molecule has 1 aromatic rings. The van der Waals surface area contributed by atoms with Crippen molar-refractivity contribution >= 4 is 29.3 Å². The van der Waals surface area contributed by atoms with Gasteiger partial charge in [0.15, 0.2) is 5.12 Å². The van der Waals surface area contributed by atoms with E-state index in [1.54, 1.807) is 0 Å². The number of hydrogen-bond acceptors (Lipinski definition) is 9. The third kappa shape index (κ3) is 10.6. The number of carbonyl (C=O) groups excluding carboxylic acids is 1.